The average Bonchev–Trinajstić information content (AvgIpc) is 2.92. The summed E-state index contributed by atoms with van der Waals surface area (Å²) in [6.07, 6.45) is 1.77. The molecule has 0 saturated carbocycles. The van der Waals surface area contributed by atoms with Crippen LogP contribution in [-0.2, 0) is 0 Å². The molecule has 0 spiro atoms. The van der Waals surface area contributed by atoms with Crippen LogP contribution in [0.25, 0.3) is 33.5 Å². The lowest BCUT2D eigenvalue weighted by atomic mass is 10.1. The highest BCUT2D eigenvalue weighted by atomic mass is 16.3. The van der Waals surface area contributed by atoms with Crippen molar-refractivity contribution in [3.63, 3.8) is 0 Å². The molecule has 0 unspecified atom stereocenters. The predicted molar refractivity (Wildman–Crippen MR) is 84.2 cm³/mol. The van der Waals surface area contributed by atoms with E-state index in [0.29, 0.717) is 0 Å². The molecule has 4 rings (SSSR count). The zero-order chi connectivity index (χ0) is 14.4. The van der Waals surface area contributed by atoms with E-state index in [0.717, 1.165) is 33.5 Å². The Balaban J connectivity index is 1.91. The van der Waals surface area contributed by atoms with Gasteiger partial charge in [0.2, 0.25) is 0 Å². The number of hydrogen-bond acceptors (Lipinski definition) is 3. The molecule has 0 radical (unpaired) electrons. The summed E-state index contributed by atoms with van der Waals surface area (Å²) in [6.45, 7) is 4.17. The van der Waals surface area contributed by atoms with Crippen molar-refractivity contribution in [2.75, 3.05) is 0 Å². The Kier molecular flexibility index (Phi) is 2.54. The van der Waals surface area contributed by atoms with E-state index in [1.165, 1.54) is 11.1 Å². The van der Waals surface area contributed by atoms with E-state index in [4.69, 9.17) is 4.42 Å². The van der Waals surface area contributed by atoms with Crippen LogP contribution in [0.5, 0.6) is 0 Å². The molecule has 0 bridgehead atoms. The lowest BCUT2D eigenvalue weighted by Gasteiger charge is -2.03. The molecule has 0 amide bonds. The third-order valence-electron chi connectivity index (χ3n) is 3.84. The molecule has 0 aliphatic heterocycles. The lowest BCUT2D eigenvalue weighted by molar-refractivity contribution is 0.628. The first-order valence-electron chi connectivity index (χ1n) is 6.94. The molecule has 0 aliphatic carbocycles. The van der Waals surface area contributed by atoms with Gasteiger partial charge >= 0.3 is 0 Å². The van der Waals surface area contributed by atoms with E-state index >= 15 is 0 Å². The van der Waals surface area contributed by atoms with Crippen molar-refractivity contribution in [1.29, 1.82) is 0 Å². The molecule has 0 aliphatic rings. The van der Waals surface area contributed by atoms with Crippen LogP contribution in [0.1, 0.15) is 11.1 Å². The number of rotatable bonds is 1. The van der Waals surface area contributed by atoms with Crippen LogP contribution >= 0.6 is 0 Å². The highest BCUT2D eigenvalue weighted by Gasteiger charge is 2.09. The molecular weight excluding hydrogens is 260 g/mol. The molecule has 21 heavy (non-hydrogen) atoms. The van der Waals surface area contributed by atoms with E-state index in [1.807, 2.05) is 30.3 Å². The van der Waals surface area contributed by atoms with E-state index in [9.17, 15) is 0 Å². The second kappa shape index (κ2) is 4.42. The minimum absolute atomic E-state index is 0.754. The lowest BCUT2D eigenvalue weighted by Crippen LogP contribution is -1.90. The minimum atomic E-state index is 0.754. The Hall–Kier alpha value is -2.68. The van der Waals surface area contributed by atoms with Crippen molar-refractivity contribution < 1.29 is 4.42 Å². The maximum atomic E-state index is 5.85. The van der Waals surface area contributed by atoms with Gasteiger partial charge in [-0.05, 0) is 49.2 Å². The van der Waals surface area contributed by atoms with Gasteiger partial charge in [0.15, 0.2) is 5.76 Å². The van der Waals surface area contributed by atoms with Gasteiger partial charge in [-0.15, -0.1) is 0 Å². The summed E-state index contributed by atoms with van der Waals surface area (Å²) in [5.74, 6) is 0.754. The van der Waals surface area contributed by atoms with E-state index in [-0.39, 0.29) is 0 Å². The SMILES string of the molecule is Cc1cc2ncc(-c3cc4ccccc4o3)nc2cc1C. The first-order chi connectivity index (χ1) is 10.2. The third-order valence-corrected chi connectivity index (χ3v) is 3.84. The van der Waals surface area contributed by atoms with Gasteiger partial charge in [-0.2, -0.15) is 0 Å². The molecule has 0 fully saturated rings. The molecule has 2 aromatic heterocycles. The van der Waals surface area contributed by atoms with Gasteiger partial charge in [-0.1, -0.05) is 18.2 Å². The summed E-state index contributed by atoms with van der Waals surface area (Å²) in [5, 5.41) is 1.08. The average molecular weight is 274 g/mol. The van der Waals surface area contributed by atoms with Crippen molar-refractivity contribution in [1.82, 2.24) is 9.97 Å². The number of nitrogens with zero attached hydrogens (tertiary/aromatic N) is 2. The van der Waals surface area contributed by atoms with Crippen LogP contribution in [0.2, 0.25) is 0 Å². The largest absolute Gasteiger partial charge is 0.454 e. The van der Waals surface area contributed by atoms with E-state index in [1.54, 1.807) is 6.20 Å². The predicted octanol–water partition coefficient (Wildman–Crippen LogP) is 4.66. The smallest absolute Gasteiger partial charge is 0.155 e. The summed E-state index contributed by atoms with van der Waals surface area (Å²) in [6, 6.07) is 14.1. The Labute approximate surface area is 122 Å². The van der Waals surface area contributed by atoms with Gasteiger partial charge < -0.3 is 4.42 Å². The molecule has 3 heteroatoms. The number of para-hydroxylation sites is 1. The maximum Gasteiger partial charge on any atom is 0.155 e. The normalized spacial score (nSPS) is 11.3. The number of aryl methyl sites for hydroxylation is 2. The Morgan fingerprint density at radius 3 is 2.48 bits per heavy atom. The summed E-state index contributed by atoms with van der Waals surface area (Å²) in [5.41, 5.74) is 5.90. The van der Waals surface area contributed by atoms with Gasteiger partial charge in [0.25, 0.3) is 0 Å². The molecule has 0 saturated heterocycles. The number of hydrogen-bond donors (Lipinski definition) is 0. The van der Waals surface area contributed by atoms with Crippen LogP contribution in [0, 0.1) is 13.8 Å². The van der Waals surface area contributed by atoms with E-state index in [2.05, 4.69) is 35.9 Å². The maximum absolute atomic E-state index is 5.85. The highest BCUT2D eigenvalue weighted by Crippen LogP contribution is 2.27. The van der Waals surface area contributed by atoms with Gasteiger partial charge in [-0.25, -0.2) is 4.98 Å². The monoisotopic (exact) mass is 274 g/mol. The van der Waals surface area contributed by atoms with Crippen LogP contribution in [0.15, 0.2) is 53.1 Å². The van der Waals surface area contributed by atoms with Crippen LogP contribution in [0.3, 0.4) is 0 Å². The standard InChI is InChI=1S/C18H14N2O/c1-11-7-14-15(8-12(11)2)20-16(10-19-14)18-9-13-5-3-4-6-17(13)21-18/h3-10H,1-2H3. The Morgan fingerprint density at radius 2 is 1.67 bits per heavy atom. The van der Waals surface area contributed by atoms with Crippen molar-refractivity contribution in [3.8, 4) is 11.5 Å². The second-order valence-corrected chi connectivity index (χ2v) is 5.33. The van der Waals surface area contributed by atoms with Crippen LogP contribution in [0.4, 0.5) is 0 Å². The highest BCUT2D eigenvalue weighted by molar-refractivity contribution is 5.83. The van der Waals surface area contributed by atoms with Crippen molar-refractivity contribution in [2.45, 2.75) is 13.8 Å². The molecule has 3 nitrogen and oxygen atoms in total. The van der Waals surface area contributed by atoms with Gasteiger partial charge in [0.1, 0.15) is 11.3 Å². The quantitative estimate of drug-likeness (QED) is 0.506. The topological polar surface area (TPSA) is 38.9 Å². The Morgan fingerprint density at radius 1 is 0.905 bits per heavy atom. The summed E-state index contributed by atoms with van der Waals surface area (Å²) >= 11 is 0. The summed E-state index contributed by atoms with van der Waals surface area (Å²) in [7, 11) is 0. The first kappa shape index (κ1) is 12.1. The van der Waals surface area contributed by atoms with Gasteiger partial charge in [0, 0.05) is 5.39 Å². The summed E-state index contributed by atoms with van der Waals surface area (Å²) in [4.78, 5) is 9.19. The first-order valence-corrected chi connectivity index (χ1v) is 6.94. The fraction of sp³-hybridized carbons (Fsp3) is 0.111. The van der Waals surface area contributed by atoms with E-state index < -0.39 is 0 Å². The van der Waals surface area contributed by atoms with Gasteiger partial charge in [0.05, 0.1) is 17.2 Å². The zero-order valence-corrected chi connectivity index (χ0v) is 11.9. The third kappa shape index (κ3) is 1.98. The molecule has 0 N–H and O–H groups in total. The van der Waals surface area contributed by atoms with Gasteiger partial charge in [-0.3, -0.25) is 4.98 Å². The fourth-order valence-corrected chi connectivity index (χ4v) is 2.49. The molecule has 4 aromatic rings. The summed E-state index contributed by atoms with van der Waals surface area (Å²) < 4.78 is 5.85. The number of aromatic nitrogens is 2. The molecule has 2 heterocycles. The molecule has 0 atom stereocenters. The van der Waals surface area contributed by atoms with Crippen molar-refractivity contribution >= 4 is 22.0 Å². The minimum Gasteiger partial charge on any atom is -0.454 e. The fourth-order valence-electron chi connectivity index (χ4n) is 2.49. The molecular formula is C18H14N2O. The zero-order valence-electron chi connectivity index (χ0n) is 11.9. The van der Waals surface area contributed by atoms with Crippen molar-refractivity contribution in [3.05, 3.63) is 59.8 Å². The Bertz CT molecular complexity index is 936. The van der Waals surface area contributed by atoms with Crippen LogP contribution in [-0.4, -0.2) is 9.97 Å². The number of furan rings is 1. The van der Waals surface area contributed by atoms with Crippen LogP contribution < -0.4 is 0 Å². The van der Waals surface area contributed by atoms with Crippen molar-refractivity contribution in [2.24, 2.45) is 0 Å². The second-order valence-electron chi connectivity index (χ2n) is 5.33. The molecule has 2 aromatic carbocycles. The number of fused-ring (bicyclic) bond motifs is 2. The molecule has 102 valence electrons. The number of benzene rings is 2.